The van der Waals surface area contributed by atoms with Crippen LogP contribution in [-0.4, -0.2) is 69.2 Å². The molecular formula is C18H32N6O. The van der Waals surface area contributed by atoms with Gasteiger partial charge in [-0.3, -0.25) is 9.69 Å². The molecule has 1 aliphatic carbocycles. The first-order valence-corrected chi connectivity index (χ1v) is 9.66. The average Bonchev–Trinajstić information content (AvgIpc) is 2.90. The Bertz CT molecular complexity index is 572. The van der Waals surface area contributed by atoms with Crippen molar-refractivity contribution >= 4 is 5.91 Å². The van der Waals surface area contributed by atoms with Crippen LogP contribution in [0.2, 0.25) is 0 Å². The minimum Gasteiger partial charge on any atom is -0.354 e. The first kappa shape index (κ1) is 18.3. The highest BCUT2D eigenvalue weighted by molar-refractivity contribution is 5.73. The molecule has 7 heteroatoms. The van der Waals surface area contributed by atoms with Gasteiger partial charge in [0.15, 0.2) is 0 Å². The fourth-order valence-corrected chi connectivity index (χ4v) is 3.86. The van der Waals surface area contributed by atoms with Crippen LogP contribution in [0.5, 0.6) is 0 Å². The van der Waals surface area contributed by atoms with Crippen molar-refractivity contribution in [1.29, 1.82) is 0 Å². The van der Waals surface area contributed by atoms with Crippen LogP contribution < -0.4 is 5.32 Å². The molecule has 1 saturated carbocycles. The molecule has 2 fully saturated rings. The molecule has 140 valence electrons. The molecule has 0 radical (unpaired) electrons. The van der Waals surface area contributed by atoms with E-state index >= 15 is 0 Å². The van der Waals surface area contributed by atoms with E-state index in [9.17, 15) is 4.79 Å². The van der Waals surface area contributed by atoms with Gasteiger partial charge in [0.2, 0.25) is 5.91 Å². The minimum absolute atomic E-state index is 0.0557. The summed E-state index contributed by atoms with van der Waals surface area (Å²) in [5.41, 5.74) is 0. The molecule has 2 aliphatic rings. The Morgan fingerprint density at radius 1 is 1.16 bits per heavy atom. The second-order valence-electron chi connectivity index (χ2n) is 7.57. The summed E-state index contributed by atoms with van der Waals surface area (Å²) in [7, 11) is 2.08. The van der Waals surface area contributed by atoms with E-state index < -0.39 is 0 Å². The summed E-state index contributed by atoms with van der Waals surface area (Å²) in [6.07, 6.45) is 4.52. The van der Waals surface area contributed by atoms with Gasteiger partial charge in [0, 0.05) is 52.1 Å². The monoisotopic (exact) mass is 348 g/mol. The largest absolute Gasteiger partial charge is 0.354 e. The van der Waals surface area contributed by atoms with E-state index in [0.717, 1.165) is 57.2 Å². The van der Waals surface area contributed by atoms with Crippen molar-refractivity contribution in [3.05, 3.63) is 11.6 Å². The third-order valence-electron chi connectivity index (χ3n) is 5.57. The van der Waals surface area contributed by atoms with Crippen LogP contribution in [0.3, 0.4) is 0 Å². The summed E-state index contributed by atoms with van der Waals surface area (Å²) >= 11 is 0. The molecule has 1 aliphatic heterocycles. The lowest BCUT2D eigenvalue weighted by molar-refractivity contribution is -0.120. The standard InChI is InChI=1S/C18H32N6O/c1-4-5-6-23-7-9-24(10-8-23)13-17-20-21-18(22(17)3)15-11-16(12-15)19-14(2)25/h15-16H,4-13H2,1-3H3,(H,19,25). The second kappa shape index (κ2) is 8.27. The lowest BCUT2D eigenvalue weighted by Gasteiger charge is -2.35. The van der Waals surface area contributed by atoms with Gasteiger partial charge in [-0.15, -0.1) is 10.2 Å². The molecule has 0 spiro atoms. The number of piperazine rings is 1. The van der Waals surface area contributed by atoms with Crippen LogP contribution in [0.1, 0.15) is 57.1 Å². The van der Waals surface area contributed by atoms with Gasteiger partial charge in [0.25, 0.3) is 0 Å². The normalized spacial score (nSPS) is 24.9. The molecule has 3 rings (SSSR count). The fourth-order valence-electron chi connectivity index (χ4n) is 3.86. The topological polar surface area (TPSA) is 66.3 Å². The zero-order valence-corrected chi connectivity index (χ0v) is 15.9. The Balaban J connectivity index is 1.47. The van der Waals surface area contributed by atoms with Gasteiger partial charge in [-0.1, -0.05) is 13.3 Å². The molecule has 0 aromatic carbocycles. The quantitative estimate of drug-likeness (QED) is 0.800. The molecule has 1 aromatic rings. The van der Waals surface area contributed by atoms with E-state index in [-0.39, 0.29) is 5.91 Å². The first-order chi connectivity index (χ1) is 12.1. The predicted octanol–water partition coefficient (Wildman–Crippen LogP) is 1.11. The van der Waals surface area contributed by atoms with Crippen molar-refractivity contribution in [3.63, 3.8) is 0 Å². The van der Waals surface area contributed by atoms with Gasteiger partial charge in [-0.25, -0.2) is 0 Å². The number of hydrogen-bond acceptors (Lipinski definition) is 5. The third-order valence-corrected chi connectivity index (χ3v) is 5.57. The lowest BCUT2D eigenvalue weighted by atomic mass is 9.79. The van der Waals surface area contributed by atoms with E-state index in [4.69, 9.17) is 0 Å². The maximum Gasteiger partial charge on any atom is 0.217 e. The van der Waals surface area contributed by atoms with Crippen LogP contribution >= 0.6 is 0 Å². The number of hydrogen-bond donors (Lipinski definition) is 1. The van der Waals surface area contributed by atoms with Crippen LogP contribution in [-0.2, 0) is 18.4 Å². The Morgan fingerprint density at radius 2 is 1.84 bits per heavy atom. The number of nitrogens with zero attached hydrogens (tertiary/aromatic N) is 5. The van der Waals surface area contributed by atoms with E-state index in [1.54, 1.807) is 6.92 Å². The van der Waals surface area contributed by atoms with Gasteiger partial charge >= 0.3 is 0 Å². The van der Waals surface area contributed by atoms with E-state index in [2.05, 4.69) is 43.9 Å². The number of nitrogens with one attached hydrogen (secondary N) is 1. The summed E-state index contributed by atoms with van der Waals surface area (Å²) in [4.78, 5) is 16.2. The molecule has 0 bridgehead atoms. The summed E-state index contributed by atoms with van der Waals surface area (Å²) in [6, 6.07) is 0.304. The SMILES string of the molecule is CCCCN1CCN(Cc2nnc(C3CC(NC(C)=O)C3)n2C)CC1. The lowest BCUT2D eigenvalue weighted by Crippen LogP contribution is -2.46. The van der Waals surface area contributed by atoms with E-state index in [0.29, 0.717) is 12.0 Å². The van der Waals surface area contributed by atoms with Crippen molar-refractivity contribution in [1.82, 2.24) is 29.9 Å². The molecule has 0 unspecified atom stereocenters. The van der Waals surface area contributed by atoms with Gasteiger partial charge < -0.3 is 14.8 Å². The smallest absolute Gasteiger partial charge is 0.217 e. The summed E-state index contributed by atoms with van der Waals surface area (Å²) in [5.74, 6) is 2.60. The van der Waals surface area contributed by atoms with E-state index in [1.807, 2.05) is 0 Å². The highest BCUT2D eigenvalue weighted by Gasteiger charge is 2.34. The molecule has 7 nitrogen and oxygen atoms in total. The number of unbranched alkanes of at least 4 members (excludes halogenated alkanes) is 1. The van der Waals surface area contributed by atoms with Gasteiger partial charge in [-0.05, 0) is 25.8 Å². The predicted molar refractivity (Wildman–Crippen MR) is 97.2 cm³/mol. The van der Waals surface area contributed by atoms with E-state index in [1.165, 1.54) is 19.4 Å². The number of carbonyl (C=O) groups excluding carboxylic acids is 1. The van der Waals surface area contributed by atoms with Crippen LogP contribution in [0.4, 0.5) is 0 Å². The van der Waals surface area contributed by atoms with Crippen molar-refractivity contribution in [2.45, 2.75) is 58.0 Å². The summed E-state index contributed by atoms with van der Waals surface area (Å²) in [6.45, 7) is 10.5. The fraction of sp³-hybridized carbons (Fsp3) is 0.833. The molecule has 1 N–H and O–H groups in total. The van der Waals surface area contributed by atoms with Crippen LogP contribution in [0.25, 0.3) is 0 Å². The number of amides is 1. The van der Waals surface area contributed by atoms with Gasteiger partial charge in [0.05, 0.1) is 6.54 Å². The maximum atomic E-state index is 11.1. The summed E-state index contributed by atoms with van der Waals surface area (Å²) in [5, 5.41) is 11.9. The molecule has 1 amide bonds. The summed E-state index contributed by atoms with van der Waals surface area (Å²) < 4.78 is 2.16. The maximum absolute atomic E-state index is 11.1. The highest BCUT2D eigenvalue weighted by atomic mass is 16.1. The Labute approximate surface area is 150 Å². The van der Waals surface area contributed by atoms with Crippen molar-refractivity contribution < 1.29 is 4.79 Å². The molecular weight excluding hydrogens is 316 g/mol. The van der Waals surface area contributed by atoms with Crippen molar-refractivity contribution in [2.24, 2.45) is 7.05 Å². The second-order valence-corrected chi connectivity index (χ2v) is 7.57. The number of rotatable bonds is 7. The minimum atomic E-state index is 0.0557. The molecule has 0 atom stereocenters. The van der Waals surface area contributed by atoms with Crippen LogP contribution in [0.15, 0.2) is 0 Å². The average molecular weight is 348 g/mol. The highest BCUT2D eigenvalue weighted by Crippen LogP contribution is 2.35. The van der Waals surface area contributed by atoms with Crippen molar-refractivity contribution in [3.8, 4) is 0 Å². The van der Waals surface area contributed by atoms with Crippen molar-refractivity contribution in [2.75, 3.05) is 32.7 Å². The molecule has 25 heavy (non-hydrogen) atoms. The number of carbonyl (C=O) groups is 1. The zero-order chi connectivity index (χ0) is 17.8. The number of aromatic nitrogens is 3. The molecule has 2 heterocycles. The van der Waals surface area contributed by atoms with Gasteiger partial charge in [0.1, 0.15) is 11.6 Å². The molecule has 1 aromatic heterocycles. The Kier molecular flexibility index (Phi) is 6.06. The van der Waals surface area contributed by atoms with Gasteiger partial charge in [-0.2, -0.15) is 0 Å². The third kappa shape index (κ3) is 4.58. The zero-order valence-electron chi connectivity index (χ0n) is 15.9. The Morgan fingerprint density at radius 3 is 2.48 bits per heavy atom. The first-order valence-electron chi connectivity index (χ1n) is 9.66. The Hall–Kier alpha value is -1.47. The molecule has 1 saturated heterocycles. The van der Waals surface area contributed by atoms with Crippen LogP contribution in [0, 0.1) is 0 Å².